The van der Waals surface area contributed by atoms with Gasteiger partial charge in [0.2, 0.25) is 0 Å². The number of hydrogen-bond donors (Lipinski definition) is 0. The number of benzene rings is 11. The Hall–Kier alpha value is -8.77. The van der Waals surface area contributed by atoms with E-state index < -0.39 is 0 Å². The molecule has 11 aromatic carbocycles. The minimum atomic E-state index is 0.608. The topological polar surface area (TPSA) is 43.6 Å². The van der Waals surface area contributed by atoms with Crippen LogP contribution in [0.3, 0.4) is 0 Å². The molecule has 0 bridgehead atoms. The second-order valence-electron chi connectivity index (χ2n) is 17.5. The molecule has 0 radical (unpaired) electrons. The maximum Gasteiger partial charge on any atom is 0.164 e. The molecule has 0 atom stereocenters. The van der Waals surface area contributed by atoms with Crippen LogP contribution in [0.25, 0.3) is 136 Å². The standard InChI is InChI=1S/C63H38N4S/c1-3-16-40(17-4-1)51-37-53(63-65-61(42-20-5-2-6-21-42)64-62(66-63)45-30-32-50-49-27-13-14-29-58(49)68-59(50)36-45)52(48-28-15-24-39-18-9-11-25-46(39)48)38-57(51)67-55-33-31-41-19-10-12-26-47(41)60(55)54-34-43-22-7-8-23-44(43)35-56(54)67/h1-38H. The summed E-state index contributed by atoms with van der Waals surface area (Å²) in [5.41, 5.74) is 10.5. The van der Waals surface area contributed by atoms with Gasteiger partial charge in [-0.15, -0.1) is 11.3 Å². The van der Waals surface area contributed by atoms with Crippen LogP contribution in [0, 0.1) is 0 Å². The summed E-state index contributed by atoms with van der Waals surface area (Å²) in [6, 6.07) is 83.1. The van der Waals surface area contributed by atoms with Gasteiger partial charge < -0.3 is 4.57 Å². The van der Waals surface area contributed by atoms with Crippen molar-refractivity contribution in [2.24, 2.45) is 0 Å². The number of rotatable bonds is 6. The van der Waals surface area contributed by atoms with Crippen LogP contribution < -0.4 is 0 Å². The maximum atomic E-state index is 5.50. The van der Waals surface area contributed by atoms with E-state index in [9.17, 15) is 0 Å². The third-order valence-corrected chi connectivity index (χ3v) is 14.7. The Balaban J connectivity index is 1.11. The van der Waals surface area contributed by atoms with Crippen LogP contribution in [0.4, 0.5) is 0 Å². The SMILES string of the molecule is c1ccc(-c2nc(-c3ccc4c(c3)sc3ccccc34)nc(-c3cc(-c4ccccc4)c(-n4c5cc6ccccc6cc5c5c6ccccc6ccc54)cc3-c3cccc4ccccc34)n2)cc1. The van der Waals surface area contributed by atoms with Crippen LogP contribution in [0.5, 0.6) is 0 Å². The Labute approximate surface area is 395 Å². The molecule has 0 aliphatic rings. The van der Waals surface area contributed by atoms with Crippen molar-refractivity contribution >= 4 is 85.6 Å². The Morgan fingerprint density at radius 2 is 0.897 bits per heavy atom. The molecule has 0 saturated heterocycles. The van der Waals surface area contributed by atoms with Gasteiger partial charge in [0.1, 0.15) is 0 Å². The highest BCUT2D eigenvalue weighted by atomic mass is 32.1. The van der Waals surface area contributed by atoms with Gasteiger partial charge in [-0.1, -0.05) is 188 Å². The molecule has 0 aliphatic heterocycles. The molecule has 4 nitrogen and oxygen atoms in total. The van der Waals surface area contributed by atoms with Gasteiger partial charge in [0, 0.05) is 53.2 Å². The lowest BCUT2D eigenvalue weighted by atomic mass is 9.90. The van der Waals surface area contributed by atoms with Crippen LogP contribution in [0.2, 0.25) is 0 Å². The molecule has 0 spiro atoms. The molecule has 14 rings (SSSR count). The van der Waals surface area contributed by atoms with E-state index in [1.807, 2.05) is 18.2 Å². The third kappa shape index (κ3) is 6.17. The average molecular weight is 883 g/mol. The molecule has 0 amide bonds. The highest BCUT2D eigenvalue weighted by molar-refractivity contribution is 7.25. The average Bonchev–Trinajstić information content (AvgIpc) is 3.95. The zero-order chi connectivity index (χ0) is 44.7. The van der Waals surface area contributed by atoms with Crippen molar-refractivity contribution in [1.29, 1.82) is 0 Å². The summed E-state index contributed by atoms with van der Waals surface area (Å²) in [4.78, 5) is 16.2. The fraction of sp³-hybridized carbons (Fsp3) is 0. The molecule has 0 unspecified atom stereocenters. The van der Waals surface area contributed by atoms with E-state index in [0.717, 1.165) is 66.4 Å². The minimum Gasteiger partial charge on any atom is -0.309 e. The zero-order valence-electron chi connectivity index (χ0n) is 36.6. The summed E-state index contributed by atoms with van der Waals surface area (Å²) in [5.74, 6) is 1.86. The lowest BCUT2D eigenvalue weighted by molar-refractivity contribution is 1.07. The van der Waals surface area contributed by atoms with Crippen molar-refractivity contribution in [3.05, 3.63) is 231 Å². The van der Waals surface area contributed by atoms with Crippen LogP contribution >= 0.6 is 11.3 Å². The van der Waals surface area contributed by atoms with Gasteiger partial charge in [-0.05, 0) is 91.5 Å². The monoisotopic (exact) mass is 882 g/mol. The van der Waals surface area contributed by atoms with E-state index in [-0.39, 0.29) is 0 Å². The zero-order valence-corrected chi connectivity index (χ0v) is 37.5. The fourth-order valence-corrected chi connectivity index (χ4v) is 11.6. The summed E-state index contributed by atoms with van der Waals surface area (Å²) >= 11 is 1.80. The normalized spacial score (nSPS) is 11.8. The predicted molar refractivity (Wildman–Crippen MR) is 287 cm³/mol. The minimum absolute atomic E-state index is 0.608. The molecule has 316 valence electrons. The summed E-state index contributed by atoms with van der Waals surface area (Å²) in [5, 5.41) is 12.1. The number of fused-ring (bicyclic) bond motifs is 10. The fourth-order valence-electron chi connectivity index (χ4n) is 10.4. The van der Waals surface area contributed by atoms with Crippen LogP contribution in [-0.4, -0.2) is 19.5 Å². The second kappa shape index (κ2) is 15.4. The molecule has 68 heavy (non-hydrogen) atoms. The van der Waals surface area contributed by atoms with E-state index in [1.165, 1.54) is 52.5 Å². The van der Waals surface area contributed by atoms with Crippen molar-refractivity contribution in [2.45, 2.75) is 0 Å². The maximum absolute atomic E-state index is 5.50. The Kier molecular flexibility index (Phi) is 8.73. The first-order valence-electron chi connectivity index (χ1n) is 23.0. The van der Waals surface area contributed by atoms with Gasteiger partial charge in [-0.2, -0.15) is 0 Å². The first-order valence-corrected chi connectivity index (χ1v) is 23.8. The van der Waals surface area contributed by atoms with Crippen LogP contribution in [0.15, 0.2) is 231 Å². The molecule has 14 aromatic rings. The van der Waals surface area contributed by atoms with E-state index >= 15 is 0 Å². The van der Waals surface area contributed by atoms with Crippen LogP contribution in [0.1, 0.15) is 0 Å². The molecule has 0 N–H and O–H groups in total. The van der Waals surface area contributed by atoms with E-state index in [0.29, 0.717) is 17.5 Å². The van der Waals surface area contributed by atoms with Crippen molar-refractivity contribution < 1.29 is 0 Å². The lowest BCUT2D eigenvalue weighted by Crippen LogP contribution is -2.04. The molecule has 0 aliphatic carbocycles. The van der Waals surface area contributed by atoms with Gasteiger partial charge in [0.05, 0.1) is 16.7 Å². The molecule has 0 fully saturated rings. The van der Waals surface area contributed by atoms with Gasteiger partial charge >= 0.3 is 0 Å². The molecule has 5 heteroatoms. The van der Waals surface area contributed by atoms with E-state index in [2.05, 4.69) is 217 Å². The molecule has 3 aromatic heterocycles. The number of thiophene rings is 1. The first-order chi connectivity index (χ1) is 33.7. The second-order valence-corrected chi connectivity index (χ2v) is 18.6. The lowest BCUT2D eigenvalue weighted by Gasteiger charge is -2.20. The largest absolute Gasteiger partial charge is 0.309 e. The number of hydrogen-bond acceptors (Lipinski definition) is 4. The summed E-state index contributed by atoms with van der Waals surface area (Å²) < 4.78 is 4.96. The van der Waals surface area contributed by atoms with E-state index in [4.69, 9.17) is 15.0 Å². The quantitative estimate of drug-likeness (QED) is 0.167. The van der Waals surface area contributed by atoms with Gasteiger partial charge in [0.15, 0.2) is 17.5 Å². The Morgan fingerprint density at radius 3 is 1.69 bits per heavy atom. The molecule has 0 saturated carbocycles. The summed E-state index contributed by atoms with van der Waals surface area (Å²) in [6.45, 7) is 0. The Bertz CT molecular complexity index is 4320. The van der Waals surface area contributed by atoms with Gasteiger partial charge in [0.25, 0.3) is 0 Å². The van der Waals surface area contributed by atoms with E-state index in [1.54, 1.807) is 11.3 Å². The van der Waals surface area contributed by atoms with Crippen molar-refractivity contribution in [1.82, 2.24) is 19.5 Å². The summed E-state index contributed by atoms with van der Waals surface area (Å²) in [7, 11) is 0. The number of nitrogens with zero attached hydrogens (tertiary/aromatic N) is 4. The molecular formula is C63H38N4S. The van der Waals surface area contributed by atoms with Crippen molar-refractivity contribution in [3.8, 4) is 62.1 Å². The van der Waals surface area contributed by atoms with Gasteiger partial charge in [-0.3, -0.25) is 0 Å². The highest BCUT2D eigenvalue weighted by Gasteiger charge is 2.24. The molecule has 3 heterocycles. The third-order valence-electron chi connectivity index (χ3n) is 13.6. The summed E-state index contributed by atoms with van der Waals surface area (Å²) in [6.07, 6.45) is 0. The van der Waals surface area contributed by atoms with Crippen molar-refractivity contribution in [2.75, 3.05) is 0 Å². The smallest absolute Gasteiger partial charge is 0.164 e. The Morgan fingerprint density at radius 1 is 0.294 bits per heavy atom. The predicted octanol–water partition coefficient (Wildman–Crippen LogP) is 17.1. The first kappa shape index (κ1) is 38.5. The van der Waals surface area contributed by atoms with Gasteiger partial charge in [-0.25, -0.2) is 15.0 Å². The van der Waals surface area contributed by atoms with Crippen molar-refractivity contribution in [3.63, 3.8) is 0 Å². The van der Waals surface area contributed by atoms with Crippen LogP contribution in [-0.2, 0) is 0 Å². The highest BCUT2D eigenvalue weighted by Crippen LogP contribution is 2.46. The number of aromatic nitrogens is 4. The molecular weight excluding hydrogens is 845 g/mol.